The first kappa shape index (κ1) is 18.8. The van der Waals surface area contributed by atoms with Crippen LogP contribution >= 0.6 is 0 Å². The fourth-order valence-electron chi connectivity index (χ4n) is 2.02. The summed E-state index contributed by atoms with van der Waals surface area (Å²) in [6.07, 6.45) is 0. The second-order valence-electron chi connectivity index (χ2n) is 5.26. The summed E-state index contributed by atoms with van der Waals surface area (Å²) < 4.78 is 15.9. The number of rotatable bonds is 11. The molecule has 0 radical (unpaired) electrons. The quantitative estimate of drug-likeness (QED) is 0.470. The van der Waals surface area contributed by atoms with Gasteiger partial charge in [-0.15, -0.1) is 0 Å². The van der Waals surface area contributed by atoms with Gasteiger partial charge in [-0.3, -0.25) is 0 Å². The van der Waals surface area contributed by atoms with Crippen LogP contribution in [0.5, 0.6) is 11.5 Å². The molecule has 4 nitrogen and oxygen atoms in total. The van der Waals surface area contributed by atoms with Gasteiger partial charge in [-0.1, -0.05) is 0 Å². The zero-order chi connectivity index (χ0) is 17.0. The van der Waals surface area contributed by atoms with E-state index in [1.54, 1.807) is 19.2 Å². The van der Waals surface area contributed by atoms with Gasteiger partial charge in [-0.05, 0) is 0 Å². The van der Waals surface area contributed by atoms with Gasteiger partial charge in [0, 0.05) is 7.11 Å². The van der Waals surface area contributed by atoms with Gasteiger partial charge in [0.05, 0.1) is 0 Å². The minimum atomic E-state index is 0.325. The topological polar surface area (TPSA) is 47.9 Å². The van der Waals surface area contributed by atoms with E-state index in [0.29, 0.717) is 47.1 Å². The Labute approximate surface area is 149 Å². The zero-order valence-electron chi connectivity index (χ0n) is 13.9. The van der Waals surface area contributed by atoms with Crippen molar-refractivity contribution in [2.24, 2.45) is 0 Å². The summed E-state index contributed by atoms with van der Waals surface area (Å²) in [7, 11) is 1.66. The predicted octanol–water partition coefficient (Wildman–Crippen LogP) is 2.84. The molecule has 0 spiro atoms. The Morgan fingerprint density at radius 3 is 2.00 bits per heavy atom. The third-order valence-corrected chi connectivity index (χ3v) is 5.58. The number of benzene rings is 2. The molecule has 0 aliphatic rings. The van der Waals surface area contributed by atoms with Crippen molar-refractivity contribution in [2.75, 3.05) is 33.5 Å². The van der Waals surface area contributed by atoms with E-state index in [2.05, 4.69) is 12.1 Å². The van der Waals surface area contributed by atoms with Crippen molar-refractivity contribution in [3.05, 3.63) is 59.7 Å². The molecule has 5 heteroatoms. The van der Waals surface area contributed by atoms with Crippen LogP contribution in [0, 0.1) is 0 Å². The number of hydrogen-bond donors (Lipinski definition) is 1. The first-order valence-corrected chi connectivity index (χ1v) is 10.3. The molecule has 0 saturated heterocycles. The summed E-state index contributed by atoms with van der Waals surface area (Å²) >= 11 is 0.508. The van der Waals surface area contributed by atoms with Crippen LogP contribution in [0.15, 0.2) is 48.5 Å². The number of methoxy groups -OCH3 is 1. The number of phenols is 1. The Morgan fingerprint density at radius 1 is 0.792 bits per heavy atom. The molecule has 2 aromatic carbocycles. The van der Waals surface area contributed by atoms with Crippen molar-refractivity contribution in [3.63, 3.8) is 0 Å². The summed E-state index contributed by atoms with van der Waals surface area (Å²) in [5.41, 5.74) is 2.61. The Kier molecular flexibility index (Phi) is 8.71. The zero-order valence-corrected chi connectivity index (χ0v) is 15.7. The van der Waals surface area contributed by atoms with Gasteiger partial charge in [0.2, 0.25) is 0 Å². The molecule has 0 amide bonds. The normalized spacial score (nSPS) is 10.7. The van der Waals surface area contributed by atoms with E-state index in [1.807, 2.05) is 24.3 Å². The van der Waals surface area contributed by atoms with E-state index in [4.69, 9.17) is 14.2 Å². The van der Waals surface area contributed by atoms with Gasteiger partial charge in [0.1, 0.15) is 0 Å². The predicted molar refractivity (Wildman–Crippen MR) is 95.9 cm³/mol. The molecule has 0 saturated carbocycles. The minimum absolute atomic E-state index is 0.325. The van der Waals surface area contributed by atoms with Gasteiger partial charge < -0.3 is 0 Å². The molecule has 0 aliphatic heterocycles. The maximum atomic E-state index is 9.28. The number of phenolic OH excluding ortho intramolecular Hbond substituents is 1. The molecule has 0 unspecified atom stereocenters. The van der Waals surface area contributed by atoms with E-state index in [0.717, 1.165) is 16.4 Å². The van der Waals surface area contributed by atoms with Crippen LogP contribution in [0.4, 0.5) is 0 Å². The summed E-state index contributed by atoms with van der Waals surface area (Å²) in [6, 6.07) is 15.8. The van der Waals surface area contributed by atoms with Crippen LogP contribution in [0.3, 0.4) is 0 Å². The Morgan fingerprint density at radius 2 is 1.38 bits per heavy atom. The molecule has 0 aliphatic carbocycles. The van der Waals surface area contributed by atoms with Crippen molar-refractivity contribution >= 4 is 15.0 Å². The number of aromatic hydroxyl groups is 1. The second-order valence-corrected chi connectivity index (χ2v) is 7.32. The molecule has 0 heterocycles. The van der Waals surface area contributed by atoms with Crippen molar-refractivity contribution in [3.8, 4) is 11.5 Å². The van der Waals surface area contributed by atoms with Crippen LogP contribution in [0.2, 0.25) is 0 Å². The molecule has 2 rings (SSSR count). The first-order chi connectivity index (χ1) is 11.8. The van der Waals surface area contributed by atoms with Crippen LogP contribution in [-0.4, -0.2) is 53.6 Å². The average Bonchev–Trinajstić information content (AvgIpc) is 2.61. The molecule has 0 bridgehead atoms. The fraction of sp³-hybridized carbons (Fsp3) is 0.368. The molecule has 1 N–H and O–H groups in total. The Balaban J connectivity index is 1.63. The number of hydrogen-bond acceptors (Lipinski definition) is 4. The summed E-state index contributed by atoms with van der Waals surface area (Å²) in [6.45, 7) is 2.33. The molecule has 0 atom stereocenters. The summed E-state index contributed by atoms with van der Waals surface area (Å²) in [5, 5.41) is 11.4. The van der Waals surface area contributed by atoms with Crippen molar-refractivity contribution in [1.82, 2.24) is 0 Å². The van der Waals surface area contributed by atoms with E-state index in [1.165, 1.54) is 11.1 Å². The average molecular weight is 395 g/mol. The first-order valence-electron chi connectivity index (χ1n) is 7.92. The van der Waals surface area contributed by atoms with Gasteiger partial charge >= 0.3 is 142 Å². The van der Waals surface area contributed by atoms with Crippen molar-refractivity contribution in [2.45, 2.75) is 10.6 Å². The molecule has 130 valence electrons. The van der Waals surface area contributed by atoms with Crippen molar-refractivity contribution in [1.29, 1.82) is 0 Å². The molecular weight excluding hydrogens is 371 g/mol. The van der Waals surface area contributed by atoms with Crippen LogP contribution in [-0.2, 0) is 20.1 Å². The van der Waals surface area contributed by atoms with Crippen molar-refractivity contribution < 1.29 is 19.3 Å². The summed E-state index contributed by atoms with van der Waals surface area (Å²) in [4.78, 5) is 0. The van der Waals surface area contributed by atoms with Gasteiger partial charge in [0.15, 0.2) is 0 Å². The molecular formula is C19H24O4Se. The second kappa shape index (κ2) is 11.1. The SMILES string of the molecule is COCCOCCOc1ccc(C[Se]Cc2ccc(O)cc2)cc1. The standard InChI is InChI=1S/C19H24O4Se/c1-21-10-11-22-12-13-23-19-8-4-17(5-9-19)15-24-14-16-2-6-18(20)7-3-16/h2-9,20H,10-15H2,1H3. The Hall–Kier alpha value is -1.52. The van der Waals surface area contributed by atoms with E-state index in [-0.39, 0.29) is 0 Å². The number of ether oxygens (including phenoxy) is 3. The van der Waals surface area contributed by atoms with Crippen LogP contribution in [0.1, 0.15) is 11.1 Å². The van der Waals surface area contributed by atoms with Crippen LogP contribution in [0.25, 0.3) is 0 Å². The fourth-order valence-corrected chi connectivity index (χ4v) is 4.03. The third kappa shape index (κ3) is 7.37. The van der Waals surface area contributed by atoms with E-state index >= 15 is 0 Å². The maximum absolute atomic E-state index is 9.28. The van der Waals surface area contributed by atoms with Crippen LogP contribution < -0.4 is 4.74 Å². The molecule has 0 fully saturated rings. The van der Waals surface area contributed by atoms with Gasteiger partial charge in [-0.25, -0.2) is 0 Å². The van der Waals surface area contributed by atoms with Gasteiger partial charge in [-0.2, -0.15) is 0 Å². The summed E-state index contributed by atoms with van der Waals surface area (Å²) in [5.74, 6) is 1.20. The van der Waals surface area contributed by atoms with E-state index in [9.17, 15) is 5.11 Å². The third-order valence-electron chi connectivity index (χ3n) is 3.33. The monoisotopic (exact) mass is 396 g/mol. The molecule has 0 aromatic heterocycles. The Bertz CT molecular complexity index is 569. The molecule has 2 aromatic rings. The molecule has 24 heavy (non-hydrogen) atoms. The van der Waals surface area contributed by atoms with E-state index < -0.39 is 0 Å². The van der Waals surface area contributed by atoms with Gasteiger partial charge in [0.25, 0.3) is 0 Å².